The average molecular weight is 447 g/mol. The minimum atomic E-state index is -0.582. The van der Waals surface area contributed by atoms with Crippen molar-refractivity contribution in [1.29, 1.82) is 0 Å². The van der Waals surface area contributed by atoms with E-state index in [1.807, 2.05) is 92.7 Å². The van der Waals surface area contributed by atoms with Gasteiger partial charge in [-0.2, -0.15) is 0 Å². The first-order chi connectivity index (χ1) is 15.6. The van der Waals surface area contributed by atoms with Crippen molar-refractivity contribution in [3.63, 3.8) is 0 Å². The fourth-order valence-electron chi connectivity index (χ4n) is 3.60. The van der Waals surface area contributed by atoms with Gasteiger partial charge in [-0.15, -0.1) is 11.8 Å². The molecule has 166 valence electrons. The summed E-state index contributed by atoms with van der Waals surface area (Å²) in [4.78, 5) is 29.4. The maximum atomic E-state index is 13.5. The van der Waals surface area contributed by atoms with Crippen molar-refractivity contribution in [1.82, 2.24) is 10.2 Å². The molecular weight excluding hydrogens is 416 g/mol. The number of amides is 2. The van der Waals surface area contributed by atoms with E-state index >= 15 is 0 Å². The van der Waals surface area contributed by atoms with Crippen LogP contribution in [0.5, 0.6) is 0 Å². The molecule has 0 saturated heterocycles. The maximum Gasteiger partial charge on any atom is 0.243 e. The van der Waals surface area contributed by atoms with Gasteiger partial charge in [0, 0.05) is 24.4 Å². The van der Waals surface area contributed by atoms with Crippen LogP contribution in [0, 0.1) is 6.92 Å². The summed E-state index contributed by atoms with van der Waals surface area (Å²) in [7, 11) is 0. The number of hydrogen-bond donors (Lipinski definition) is 1. The van der Waals surface area contributed by atoms with Gasteiger partial charge in [0.05, 0.1) is 5.75 Å². The number of likely N-dealkylation sites (N-methyl/N-ethyl adjacent to an activating group) is 1. The number of benzene rings is 3. The Labute approximate surface area is 195 Å². The summed E-state index contributed by atoms with van der Waals surface area (Å²) in [5, 5.41) is 2.93. The van der Waals surface area contributed by atoms with E-state index in [0.717, 1.165) is 21.6 Å². The van der Waals surface area contributed by atoms with E-state index in [0.29, 0.717) is 19.5 Å². The van der Waals surface area contributed by atoms with Crippen LogP contribution in [0.25, 0.3) is 0 Å². The van der Waals surface area contributed by atoms with Gasteiger partial charge in [0.2, 0.25) is 11.8 Å². The van der Waals surface area contributed by atoms with E-state index in [4.69, 9.17) is 0 Å². The van der Waals surface area contributed by atoms with E-state index in [-0.39, 0.29) is 17.6 Å². The Hall–Kier alpha value is -3.05. The monoisotopic (exact) mass is 446 g/mol. The number of nitrogens with zero attached hydrogens (tertiary/aromatic N) is 1. The summed E-state index contributed by atoms with van der Waals surface area (Å²) >= 11 is 1.50. The van der Waals surface area contributed by atoms with Crippen LogP contribution < -0.4 is 5.32 Å². The number of carbonyl (C=O) groups is 2. The van der Waals surface area contributed by atoms with Crippen LogP contribution in [0.1, 0.15) is 23.6 Å². The number of carbonyl (C=O) groups excluding carboxylic acids is 2. The lowest BCUT2D eigenvalue weighted by atomic mass is 10.0. The van der Waals surface area contributed by atoms with E-state index < -0.39 is 6.04 Å². The summed E-state index contributed by atoms with van der Waals surface area (Å²) < 4.78 is 0. The number of thioether (sulfide) groups is 1. The molecule has 1 atom stereocenters. The Morgan fingerprint density at radius 3 is 2.22 bits per heavy atom. The number of hydrogen-bond acceptors (Lipinski definition) is 3. The molecule has 0 fully saturated rings. The van der Waals surface area contributed by atoms with Crippen LogP contribution in [-0.2, 0) is 22.6 Å². The molecule has 3 aromatic rings. The van der Waals surface area contributed by atoms with Crippen LogP contribution in [-0.4, -0.2) is 35.1 Å². The quantitative estimate of drug-likeness (QED) is 0.452. The van der Waals surface area contributed by atoms with Gasteiger partial charge in [-0.25, -0.2) is 0 Å². The van der Waals surface area contributed by atoms with Crippen LogP contribution >= 0.6 is 11.8 Å². The Kier molecular flexibility index (Phi) is 8.93. The van der Waals surface area contributed by atoms with E-state index in [1.165, 1.54) is 11.8 Å². The third-order valence-electron chi connectivity index (χ3n) is 5.16. The van der Waals surface area contributed by atoms with E-state index in [9.17, 15) is 9.59 Å². The molecule has 0 saturated carbocycles. The lowest BCUT2D eigenvalue weighted by molar-refractivity contribution is -0.139. The van der Waals surface area contributed by atoms with Crippen LogP contribution in [0.4, 0.5) is 0 Å². The Bertz CT molecular complexity index is 1010. The second-order valence-corrected chi connectivity index (χ2v) is 8.76. The Morgan fingerprint density at radius 2 is 1.56 bits per heavy atom. The summed E-state index contributed by atoms with van der Waals surface area (Å²) in [5.74, 6) is 0.107. The molecule has 0 radical (unpaired) electrons. The van der Waals surface area contributed by atoms with Gasteiger partial charge in [-0.1, -0.05) is 78.4 Å². The van der Waals surface area contributed by atoms with Gasteiger partial charge >= 0.3 is 0 Å². The smallest absolute Gasteiger partial charge is 0.243 e. The van der Waals surface area contributed by atoms with Gasteiger partial charge < -0.3 is 10.2 Å². The second-order valence-electron chi connectivity index (χ2n) is 7.71. The van der Waals surface area contributed by atoms with E-state index in [1.54, 1.807) is 4.90 Å². The SMILES string of the molecule is CCNC(=O)[C@@H](Cc1ccccc1)N(Cc1cccc(C)c1)C(=O)CSc1ccccc1. The first kappa shape index (κ1) is 23.6. The number of nitrogens with one attached hydrogen (secondary N) is 1. The molecule has 0 aliphatic heterocycles. The zero-order chi connectivity index (χ0) is 22.8. The molecule has 32 heavy (non-hydrogen) atoms. The molecule has 0 spiro atoms. The van der Waals surface area contributed by atoms with Crippen molar-refractivity contribution in [3.05, 3.63) is 102 Å². The molecule has 3 rings (SSSR count). The normalized spacial score (nSPS) is 11.6. The molecule has 4 nitrogen and oxygen atoms in total. The fourth-order valence-corrected chi connectivity index (χ4v) is 4.40. The zero-order valence-electron chi connectivity index (χ0n) is 18.7. The molecule has 0 aliphatic rings. The second kappa shape index (κ2) is 12.1. The highest BCUT2D eigenvalue weighted by atomic mass is 32.2. The van der Waals surface area contributed by atoms with Crippen LogP contribution in [0.15, 0.2) is 89.8 Å². The molecule has 2 amide bonds. The molecule has 0 unspecified atom stereocenters. The Morgan fingerprint density at radius 1 is 0.906 bits per heavy atom. The van der Waals surface area contributed by atoms with Gasteiger partial charge in [0.15, 0.2) is 0 Å². The Balaban J connectivity index is 1.88. The van der Waals surface area contributed by atoms with Crippen molar-refractivity contribution in [3.8, 4) is 0 Å². The summed E-state index contributed by atoms with van der Waals surface area (Å²) in [6, 6.07) is 27.3. The van der Waals surface area contributed by atoms with Crippen molar-refractivity contribution < 1.29 is 9.59 Å². The lowest BCUT2D eigenvalue weighted by Crippen LogP contribution is -2.51. The minimum Gasteiger partial charge on any atom is -0.355 e. The minimum absolute atomic E-state index is 0.0486. The highest BCUT2D eigenvalue weighted by Crippen LogP contribution is 2.21. The van der Waals surface area contributed by atoms with Crippen molar-refractivity contribution in [2.75, 3.05) is 12.3 Å². The van der Waals surface area contributed by atoms with Crippen molar-refractivity contribution in [2.24, 2.45) is 0 Å². The third-order valence-corrected chi connectivity index (χ3v) is 6.16. The predicted molar refractivity (Wildman–Crippen MR) is 132 cm³/mol. The van der Waals surface area contributed by atoms with E-state index in [2.05, 4.69) is 11.4 Å². The first-order valence-electron chi connectivity index (χ1n) is 10.9. The molecular formula is C27H30N2O2S. The molecule has 1 N–H and O–H groups in total. The summed E-state index contributed by atoms with van der Waals surface area (Å²) in [5.41, 5.74) is 3.18. The lowest BCUT2D eigenvalue weighted by Gasteiger charge is -2.31. The zero-order valence-corrected chi connectivity index (χ0v) is 19.5. The summed E-state index contributed by atoms with van der Waals surface area (Å²) in [6.07, 6.45) is 0.472. The van der Waals surface area contributed by atoms with Crippen molar-refractivity contribution in [2.45, 2.75) is 37.8 Å². The number of rotatable bonds is 10. The molecule has 0 aliphatic carbocycles. The molecule has 0 heterocycles. The van der Waals surface area contributed by atoms with Crippen molar-refractivity contribution >= 4 is 23.6 Å². The van der Waals surface area contributed by atoms with Gasteiger partial charge in [0.1, 0.15) is 6.04 Å². The number of aryl methyl sites for hydroxylation is 1. The standard InChI is InChI=1S/C27H30N2O2S/c1-3-28-27(31)25(18-22-12-6-4-7-13-22)29(19-23-14-10-11-21(2)17-23)26(30)20-32-24-15-8-5-9-16-24/h4-17,25H,3,18-20H2,1-2H3,(H,28,31)/t25-/m1/s1. The summed E-state index contributed by atoms with van der Waals surface area (Å²) in [6.45, 7) is 4.85. The highest BCUT2D eigenvalue weighted by molar-refractivity contribution is 8.00. The molecule has 3 aromatic carbocycles. The van der Waals surface area contributed by atoms with Gasteiger partial charge in [0.25, 0.3) is 0 Å². The predicted octanol–water partition coefficient (Wildman–Crippen LogP) is 4.86. The van der Waals surface area contributed by atoms with Gasteiger partial charge in [-0.05, 0) is 37.1 Å². The maximum absolute atomic E-state index is 13.5. The van der Waals surface area contributed by atoms with Crippen LogP contribution in [0.3, 0.4) is 0 Å². The average Bonchev–Trinajstić information content (AvgIpc) is 2.81. The molecule has 0 aromatic heterocycles. The van der Waals surface area contributed by atoms with Gasteiger partial charge in [-0.3, -0.25) is 9.59 Å². The fraction of sp³-hybridized carbons (Fsp3) is 0.259. The highest BCUT2D eigenvalue weighted by Gasteiger charge is 2.30. The third kappa shape index (κ3) is 6.99. The van der Waals surface area contributed by atoms with Crippen LogP contribution in [0.2, 0.25) is 0 Å². The first-order valence-corrected chi connectivity index (χ1v) is 11.9. The topological polar surface area (TPSA) is 49.4 Å². The molecule has 0 bridgehead atoms. The molecule has 5 heteroatoms. The largest absolute Gasteiger partial charge is 0.355 e.